The highest BCUT2D eigenvalue weighted by Gasteiger charge is 2.52. The van der Waals surface area contributed by atoms with Gasteiger partial charge in [-0.3, -0.25) is 4.79 Å². The summed E-state index contributed by atoms with van der Waals surface area (Å²) in [6, 6.07) is 0. The minimum atomic E-state index is 0.536. The van der Waals surface area contributed by atoms with Crippen LogP contribution in [0.25, 0.3) is 0 Å². The van der Waals surface area contributed by atoms with Crippen molar-refractivity contribution in [2.24, 2.45) is 23.7 Å². The largest absolute Gasteiger partial charge is 0.299 e. The van der Waals surface area contributed by atoms with Gasteiger partial charge in [0.15, 0.2) is 0 Å². The highest BCUT2D eigenvalue weighted by Crippen LogP contribution is 2.57. The van der Waals surface area contributed by atoms with Crippen LogP contribution in [0.3, 0.4) is 0 Å². The van der Waals surface area contributed by atoms with Gasteiger partial charge in [-0.15, -0.1) is 0 Å². The van der Waals surface area contributed by atoms with Crippen LogP contribution in [0.2, 0.25) is 0 Å². The fourth-order valence-electron chi connectivity index (χ4n) is 3.80. The first-order chi connectivity index (χ1) is 5.36. The average molecular weight is 150 g/mol. The van der Waals surface area contributed by atoms with Crippen LogP contribution in [0.5, 0.6) is 0 Å². The van der Waals surface area contributed by atoms with Crippen LogP contribution in [0.1, 0.15) is 32.1 Å². The Morgan fingerprint density at radius 3 is 2.73 bits per heavy atom. The van der Waals surface area contributed by atoms with Crippen molar-refractivity contribution in [3.63, 3.8) is 0 Å². The Balaban J connectivity index is 1.97. The summed E-state index contributed by atoms with van der Waals surface area (Å²) >= 11 is 0. The van der Waals surface area contributed by atoms with E-state index in [2.05, 4.69) is 0 Å². The molecule has 2 bridgehead atoms. The molecule has 0 N–H and O–H groups in total. The normalized spacial score (nSPS) is 53.6. The predicted octanol–water partition coefficient (Wildman–Crippen LogP) is 2.01. The number of carbonyl (C=O) groups excluding carboxylic acids is 1. The molecule has 11 heavy (non-hydrogen) atoms. The van der Waals surface area contributed by atoms with E-state index in [0.717, 1.165) is 24.2 Å². The van der Waals surface area contributed by atoms with Crippen molar-refractivity contribution in [1.82, 2.24) is 0 Å². The Morgan fingerprint density at radius 2 is 1.91 bits per heavy atom. The first kappa shape index (κ1) is 6.22. The lowest BCUT2D eigenvalue weighted by Gasteiger charge is -2.22. The van der Waals surface area contributed by atoms with E-state index in [0.29, 0.717) is 11.7 Å². The maximum absolute atomic E-state index is 11.4. The van der Waals surface area contributed by atoms with Gasteiger partial charge < -0.3 is 0 Å². The van der Waals surface area contributed by atoms with Crippen molar-refractivity contribution < 1.29 is 4.79 Å². The summed E-state index contributed by atoms with van der Waals surface area (Å²) in [7, 11) is 0. The Labute approximate surface area is 67.2 Å². The second-order valence-electron chi connectivity index (χ2n) is 4.53. The molecule has 2 unspecified atom stereocenters. The second kappa shape index (κ2) is 1.88. The standard InChI is InChI=1S/C10H14O/c11-9-4-3-8-6-1-2-7(5-6)10(8)9/h6-8,10H,1-5H2/t6-,7+,8?,10?/m0/s1. The van der Waals surface area contributed by atoms with E-state index in [-0.39, 0.29) is 0 Å². The minimum absolute atomic E-state index is 0.536. The molecule has 0 aromatic rings. The molecule has 3 aliphatic carbocycles. The number of rotatable bonds is 0. The van der Waals surface area contributed by atoms with Gasteiger partial charge in [0.25, 0.3) is 0 Å². The fraction of sp³-hybridized carbons (Fsp3) is 0.900. The van der Waals surface area contributed by atoms with Gasteiger partial charge in [0.2, 0.25) is 0 Å². The molecule has 3 saturated carbocycles. The van der Waals surface area contributed by atoms with Crippen LogP contribution < -0.4 is 0 Å². The monoisotopic (exact) mass is 150 g/mol. The van der Waals surface area contributed by atoms with Gasteiger partial charge in [0, 0.05) is 12.3 Å². The van der Waals surface area contributed by atoms with Gasteiger partial charge in [-0.25, -0.2) is 0 Å². The average Bonchev–Trinajstić information content (AvgIpc) is 2.60. The maximum Gasteiger partial charge on any atom is 0.136 e. The van der Waals surface area contributed by atoms with Crippen LogP contribution in [-0.2, 0) is 4.79 Å². The predicted molar refractivity (Wildman–Crippen MR) is 42.1 cm³/mol. The summed E-state index contributed by atoms with van der Waals surface area (Å²) in [6.45, 7) is 0. The zero-order valence-electron chi connectivity index (χ0n) is 6.75. The van der Waals surface area contributed by atoms with Crippen LogP contribution in [0, 0.1) is 23.7 Å². The third kappa shape index (κ3) is 0.646. The third-order valence-electron chi connectivity index (χ3n) is 4.18. The summed E-state index contributed by atoms with van der Waals surface area (Å²) in [6.07, 6.45) is 6.31. The van der Waals surface area contributed by atoms with Gasteiger partial charge in [-0.05, 0) is 43.4 Å². The summed E-state index contributed by atoms with van der Waals surface area (Å²) in [4.78, 5) is 11.4. The SMILES string of the molecule is O=C1CCC2C1[C@@H]1CC[C@H]2C1. The number of hydrogen-bond acceptors (Lipinski definition) is 1. The summed E-state index contributed by atoms with van der Waals surface area (Å²) in [5, 5.41) is 0. The van der Waals surface area contributed by atoms with Crippen molar-refractivity contribution in [2.75, 3.05) is 0 Å². The zero-order valence-corrected chi connectivity index (χ0v) is 6.75. The summed E-state index contributed by atoms with van der Waals surface area (Å²) in [5.41, 5.74) is 0. The van der Waals surface area contributed by atoms with E-state index in [9.17, 15) is 4.79 Å². The summed E-state index contributed by atoms with van der Waals surface area (Å²) < 4.78 is 0. The van der Waals surface area contributed by atoms with E-state index >= 15 is 0 Å². The van der Waals surface area contributed by atoms with Crippen molar-refractivity contribution in [3.8, 4) is 0 Å². The summed E-state index contributed by atoms with van der Waals surface area (Å²) in [5.74, 6) is 3.74. The molecule has 4 atom stereocenters. The molecule has 0 saturated heterocycles. The van der Waals surface area contributed by atoms with E-state index in [1.165, 1.54) is 25.7 Å². The number of fused-ring (bicyclic) bond motifs is 5. The molecule has 0 spiro atoms. The molecule has 0 aromatic carbocycles. The highest BCUT2D eigenvalue weighted by atomic mass is 16.1. The topological polar surface area (TPSA) is 17.1 Å². The van der Waals surface area contributed by atoms with Crippen LogP contribution in [0.15, 0.2) is 0 Å². The highest BCUT2D eigenvalue weighted by molar-refractivity contribution is 5.84. The molecule has 3 rings (SSSR count). The van der Waals surface area contributed by atoms with Crippen molar-refractivity contribution in [3.05, 3.63) is 0 Å². The van der Waals surface area contributed by atoms with E-state index in [4.69, 9.17) is 0 Å². The molecule has 0 heterocycles. The van der Waals surface area contributed by atoms with Crippen LogP contribution in [0.4, 0.5) is 0 Å². The first-order valence-electron chi connectivity index (χ1n) is 4.89. The Kier molecular flexibility index (Phi) is 1.06. The van der Waals surface area contributed by atoms with E-state index in [1.807, 2.05) is 0 Å². The zero-order chi connectivity index (χ0) is 7.42. The van der Waals surface area contributed by atoms with E-state index in [1.54, 1.807) is 0 Å². The Morgan fingerprint density at radius 1 is 1.09 bits per heavy atom. The van der Waals surface area contributed by atoms with Crippen LogP contribution >= 0.6 is 0 Å². The Hall–Kier alpha value is -0.330. The lowest BCUT2D eigenvalue weighted by Crippen LogP contribution is -2.21. The maximum atomic E-state index is 11.4. The van der Waals surface area contributed by atoms with Gasteiger partial charge >= 0.3 is 0 Å². The molecule has 1 nitrogen and oxygen atoms in total. The number of carbonyl (C=O) groups is 1. The third-order valence-corrected chi connectivity index (χ3v) is 4.18. The van der Waals surface area contributed by atoms with E-state index < -0.39 is 0 Å². The van der Waals surface area contributed by atoms with Crippen molar-refractivity contribution in [1.29, 1.82) is 0 Å². The number of ketones is 1. The van der Waals surface area contributed by atoms with Gasteiger partial charge in [0.05, 0.1) is 0 Å². The minimum Gasteiger partial charge on any atom is -0.299 e. The van der Waals surface area contributed by atoms with Crippen molar-refractivity contribution in [2.45, 2.75) is 32.1 Å². The van der Waals surface area contributed by atoms with Gasteiger partial charge in [0.1, 0.15) is 5.78 Å². The molecule has 3 aliphatic rings. The lowest BCUT2D eigenvalue weighted by molar-refractivity contribution is -0.122. The molecule has 0 radical (unpaired) electrons. The molecule has 0 amide bonds. The van der Waals surface area contributed by atoms with Gasteiger partial charge in [-0.1, -0.05) is 0 Å². The number of hydrogen-bond donors (Lipinski definition) is 0. The van der Waals surface area contributed by atoms with Gasteiger partial charge in [-0.2, -0.15) is 0 Å². The fourth-order valence-corrected chi connectivity index (χ4v) is 3.80. The Bertz CT molecular complexity index is 209. The quantitative estimate of drug-likeness (QED) is 0.516. The molecule has 3 fully saturated rings. The molecule has 60 valence electrons. The molecular weight excluding hydrogens is 136 g/mol. The second-order valence-corrected chi connectivity index (χ2v) is 4.53. The molecule has 0 aromatic heterocycles. The smallest absolute Gasteiger partial charge is 0.136 e. The lowest BCUT2D eigenvalue weighted by atomic mass is 9.81. The van der Waals surface area contributed by atoms with Crippen LogP contribution in [-0.4, -0.2) is 5.78 Å². The number of Topliss-reactive ketones (excluding diaryl/α,β-unsaturated/α-hetero) is 1. The molecular formula is C10H14O. The first-order valence-corrected chi connectivity index (χ1v) is 4.89. The molecule has 1 heteroatoms. The molecule has 0 aliphatic heterocycles. The van der Waals surface area contributed by atoms with Crippen molar-refractivity contribution >= 4 is 5.78 Å².